The maximum atomic E-state index is 6.22. The molecule has 0 spiro atoms. The van der Waals surface area contributed by atoms with Gasteiger partial charge in [-0.3, -0.25) is 0 Å². The first-order valence-corrected chi connectivity index (χ1v) is 8.20. The molecular weight excluding hydrogens is 311 g/mol. The van der Waals surface area contributed by atoms with Gasteiger partial charge in [0.1, 0.15) is 5.15 Å². The summed E-state index contributed by atoms with van der Waals surface area (Å²) >= 11 is 14.0. The molecule has 20 heavy (non-hydrogen) atoms. The predicted octanol–water partition coefficient (Wildman–Crippen LogP) is 5.35. The van der Waals surface area contributed by atoms with Crippen molar-refractivity contribution in [1.29, 1.82) is 0 Å². The van der Waals surface area contributed by atoms with E-state index in [1.165, 1.54) is 10.5 Å². The van der Waals surface area contributed by atoms with E-state index in [1.807, 2.05) is 24.8 Å². The van der Waals surface area contributed by atoms with Crippen molar-refractivity contribution < 1.29 is 0 Å². The number of fused-ring (bicyclic) bond motifs is 1. The molecule has 0 bridgehead atoms. The van der Waals surface area contributed by atoms with Gasteiger partial charge >= 0.3 is 0 Å². The Morgan fingerprint density at radius 1 is 1.30 bits per heavy atom. The topological polar surface area (TPSA) is 24.9 Å². The molecule has 0 saturated heterocycles. The van der Waals surface area contributed by atoms with Crippen LogP contribution in [0.25, 0.3) is 0 Å². The molecule has 1 aliphatic heterocycles. The molecule has 2 aromatic rings. The molecule has 1 N–H and O–H groups in total. The third kappa shape index (κ3) is 2.76. The van der Waals surface area contributed by atoms with E-state index in [0.29, 0.717) is 10.3 Å². The van der Waals surface area contributed by atoms with Crippen LogP contribution < -0.4 is 5.32 Å². The molecule has 1 atom stereocenters. The average molecular weight is 325 g/mol. The van der Waals surface area contributed by atoms with E-state index in [1.54, 1.807) is 0 Å². The summed E-state index contributed by atoms with van der Waals surface area (Å²) in [5, 5.41) is 4.40. The van der Waals surface area contributed by atoms with E-state index < -0.39 is 0 Å². The molecule has 3 rings (SSSR count). The molecule has 0 saturated carbocycles. The zero-order valence-corrected chi connectivity index (χ0v) is 13.3. The zero-order valence-electron chi connectivity index (χ0n) is 11.0. The van der Waals surface area contributed by atoms with Crippen molar-refractivity contribution in [2.75, 3.05) is 11.1 Å². The first-order chi connectivity index (χ1) is 9.65. The van der Waals surface area contributed by atoms with E-state index >= 15 is 0 Å². The number of thioether (sulfide) groups is 1. The van der Waals surface area contributed by atoms with Crippen LogP contribution in [0, 0.1) is 6.92 Å². The fourth-order valence-electron chi connectivity index (χ4n) is 2.44. The number of rotatable bonds is 2. The Balaban J connectivity index is 1.94. The lowest BCUT2D eigenvalue weighted by atomic mass is 10.0. The number of benzene rings is 1. The number of nitrogens with zero attached hydrogens (tertiary/aromatic N) is 1. The van der Waals surface area contributed by atoms with Crippen LogP contribution in [0.15, 0.2) is 35.2 Å². The van der Waals surface area contributed by atoms with Gasteiger partial charge in [0.05, 0.1) is 11.7 Å². The van der Waals surface area contributed by atoms with Crippen LogP contribution in [0.5, 0.6) is 0 Å². The Hall–Kier alpha value is -0.900. The van der Waals surface area contributed by atoms with Gasteiger partial charge in [-0.1, -0.05) is 41.4 Å². The molecule has 0 radical (unpaired) electrons. The number of aryl methyl sites for hydroxylation is 1. The maximum absolute atomic E-state index is 6.22. The van der Waals surface area contributed by atoms with Crippen LogP contribution in [0.3, 0.4) is 0 Å². The van der Waals surface area contributed by atoms with Crippen LogP contribution in [0.2, 0.25) is 10.3 Å². The molecule has 5 heteroatoms. The second-order valence-corrected chi connectivity index (χ2v) is 6.68. The van der Waals surface area contributed by atoms with Gasteiger partial charge in [-0.05, 0) is 36.6 Å². The summed E-state index contributed by atoms with van der Waals surface area (Å²) in [6.07, 6.45) is 1.07. The zero-order chi connectivity index (χ0) is 14.1. The second kappa shape index (κ2) is 5.84. The molecule has 1 unspecified atom stereocenters. The predicted molar refractivity (Wildman–Crippen MR) is 87.1 cm³/mol. The summed E-state index contributed by atoms with van der Waals surface area (Å²) in [5.41, 5.74) is 3.22. The third-order valence-electron chi connectivity index (χ3n) is 3.42. The van der Waals surface area contributed by atoms with Crippen LogP contribution >= 0.6 is 35.0 Å². The minimum absolute atomic E-state index is 0.270. The Bertz CT molecular complexity index is 623. The van der Waals surface area contributed by atoms with Crippen molar-refractivity contribution in [3.63, 3.8) is 0 Å². The second-order valence-electron chi connectivity index (χ2n) is 4.80. The van der Waals surface area contributed by atoms with E-state index in [9.17, 15) is 0 Å². The number of aromatic nitrogens is 1. The third-order valence-corrected chi connectivity index (χ3v) is 5.01. The summed E-state index contributed by atoms with van der Waals surface area (Å²) in [6, 6.07) is 10.6. The van der Waals surface area contributed by atoms with Crippen molar-refractivity contribution in [3.05, 3.63) is 51.8 Å². The Morgan fingerprint density at radius 2 is 2.10 bits per heavy atom. The van der Waals surface area contributed by atoms with Gasteiger partial charge in [0.15, 0.2) is 5.15 Å². The van der Waals surface area contributed by atoms with Crippen LogP contribution in [0.1, 0.15) is 23.6 Å². The SMILES string of the molecule is Cc1cc(Cl)nc(Cl)c1NC1CCSc2ccccc21. The van der Waals surface area contributed by atoms with Crippen molar-refractivity contribution in [1.82, 2.24) is 4.98 Å². The highest BCUT2D eigenvalue weighted by Gasteiger charge is 2.21. The molecule has 1 aromatic heterocycles. The van der Waals surface area contributed by atoms with Crippen molar-refractivity contribution in [2.45, 2.75) is 24.3 Å². The molecule has 2 nitrogen and oxygen atoms in total. The van der Waals surface area contributed by atoms with Crippen molar-refractivity contribution in [3.8, 4) is 0 Å². The lowest BCUT2D eigenvalue weighted by molar-refractivity contribution is 0.727. The van der Waals surface area contributed by atoms with Crippen LogP contribution in [0.4, 0.5) is 5.69 Å². The van der Waals surface area contributed by atoms with E-state index in [-0.39, 0.29) is 6.04 Å². The minimum Gasteiger partial charge on any atom is -0.375 e. The average Bonchev–Trinajstić information content (AvgIpc) is 2.43. The molecule has 2 heterocycles. The number of hydrogen-bond donors (Lipinski definition) is 1. The molecule has 104 valence electrons. The number of hydrogen-bond acceptors (Lipinski definition) is 3. The number of halogens is 2. The summed E-state index contributed by atoms with van der Waals surface area (Å²) in [7, 11) is 0. The molecular formula is C15H14Cl2N2S. The highest BCUT2D eigenvalue weighted by atomic mass is 35.5. The van der Waals surface area contributed by atoms with Gasteiger partial charge in [0.2, 0.25) is 0 Å². The van der Waals surface area contributed by atoms with Crippen molar-refractivity contribution >= 4 is 40.7 Å². The Morgan fingerprint density at radius 3 is 2.90 bits per heavy atom. The molecule has 0 aliphatic carbocycles. The maximum Gasteiger partial charge on any atom is 0.154 e. The number of pyridine rings is 1. The van der Waals surface area contributed by atoms with Gasteiger partial charge in [-0.25, -0.2) is 4.98 Å². The van der Waals surface area contributed by atoms with E-state index in [0.717, 1.165) is 23.4 Å². The lowest BCUT2D eigenvalue weighted by Crippen LogP contribution is -2.17. The van der Waals surface area contributed by atoms with Gasteiger partial charge < -0.3 is 5.32 Å². The molecule has 0 fully saturated rings. The van der Waals surface area contributed by atoms with E-state index in [4.69, 9.17) is 23.2 Å². The van der Waals surface area contributed by atoms with Gasteiger partial charge in [0, 0.05) is 10.6 Å². The van der Waals surface area contributed by atoms with Gasteiger partial charge in [-0.15, -0.1) is 11.8 Å². The highest BCUT2D eigenvalue weighted by Crippen LogP contribution is 2.39. The Kier molecular flexibility index (Phi) is 4.11. The molecule has 0 amide bonds. The fraction of sp³-hybridized carbons (Fsp3) is 0.267. The Labute approximate surface area is 132 Å². The number of anilines is 1. The summed E-state index contributed by atoms with van der Waals surface area (Å²) in [5.74, 6) is 1.10. The summed E-state index contributed by atoms with van der Waals surface area (Å²) in [6.45, 7) is 1.99. The quantitative estimate of drug-likeness (QED) is 0.754. The number of nitrogens with one attached hydrogen (secondary N) is 1. The first kappa shape index (κ1) is 14.1. The van der Waals surface area contributed by atoms with Gasteiger partial charge in [-0.2, -0.15) is 0 Å². The van der Waals surface area contributed by atoms with Gasteiger partial charge in [0.25, 0.3) is 0 Å². The fourth-order valence-corrected chi connectivity index (χ4v) is 4.15. The van der Waals surface area contributed by atoms with Crippen molar-refractivity contribution in [2.24, 2.45) is 0 Å². The first-order valence-electron chi connectivity index (χ1n) is 6.46. The molecule has 1 aromatic carbocycles. The standard InChI is InChI=1S/C15H14Cl2N2S/c1-9-8-13(16)19-15(17)14(9)18-11-6-7-20-12-5-3-2-4-10(11)12/h2-5,8,11,18H,6-7H2,1H3. The highest BCUT2D eigenvalue weighted by molar-refractivity contribution is 7.99. The normalized spacial score (nSPS) is 17.6. The summed E-state index contributed by atoms with van der Waals surface area (Å²) < 4.78 is 0. The smallest absolute Gasteiger partial charge is 0.154 e. The summed E-state index contributed by atoms with van der Waals surface area (Å²) in [4.78, 5) is 5.46. The minimum atomic E-state index is 0.270. The monoisotopic (exact) mass is 324 g/mol. The van der Waals surface area contributed by atoms with Crippen LogP contribution in [-0.2, 0) is 0 Å². The largest absolute Gasteiger partial charge is 0.375 e. The van der Waals surface area contributed by atoms with E-state index in [2.05, 4.69) is 34.6 Å². The molecule has 1 aliphatic rings. The lowest BCUT2D eigenvalue weighted by Gasteiger charge is -2.27. The van der Waals surface area contributed by atoms with Crippen LogP contribution in [-0.4, -0.2) is 10.7 Å².